The molecule has 256 valence electrons. The number of rotatable bonds is 9. The second-order valence-corrected chi connectivity index (χ2v) is 13.9. The molecule has 6 nitrogen and oxygen atoms in total. The standard InChI is InChI=1S/C43H42N4O2.Pt/c1-8-14-37-41(29-15-10-9-11-16-29)42(43(4,5)6)47(45-37)31-23-30(28(2)3)24-34(25-31)49-33-19-20-36-35-17-12-13-18-38(35)46(39(36)26-33)40-27-32(48-7)21-22-44-40;/h9-13,15-24,27-28H,8,14H2,1-7H3;/q-2;+2. The van der Waals surface area contributed by atoms with Crippen LogP contribution in [0.15, 0.2) is 97.2 Å². The first-order valence-corrected chi connectivity index (χ1v) is 17.1. The van der Waals surface area contributed by atoms with Gasteiger partial charge in [0.1, 0.15) is 11.6 Å². The van der Waals surface area contributed by atoms with Crippen molar-refractivity contribution >= 4 is 21.8 Å². The van der Waals surface area contributed by atoms with Gasteiger partial charge in [-0.05, 0) is 41.1 Å². The zero-order valence-corrected chi connectivity index (χ0v) is 31.9. The van der Waals surface area contributed by atoms with E-state index in [1.807, 2.05) is 24.3 Å². The number of hydrogen-bond donors (Lipinski definition) is 0. The molecule has 7 rings (SSSR count). The van der Waals surface area contributed by atoms with Crippen LogP contribution in [0.5, 0.6) is 17.2 Å². The third-order valence-electron chi connectivity index (χ3n) is 8.92. The molecule has 0 aliphatic rings. The Balaban J connectivity index is 0.00000432. The quantitative estimate of drug-likeness (QED) is 0.136. The van der Waals surface area contributed by atoms with E-state index in [9.17, 15) is 0 Å². The normalized spacial score (nSPS) is 11.7. The van der Waals surface area contributed by atoms with Crippen LogP contribution in [0.2, 0.25) is 0 Å². The summed E-state index contributed by atoms with van der Waals surface area (Å²) in [6.45, 7) is 13.4. The Morgan fingerprint density at radius 1 is 0.840 bits per heavy atom. The van der Waals surface area contributed by atoms with E-state index < -0.39 is 0 Å². The number of para-hydroxylation sites is 1. The van der Waals surface area contributed by atoms with Crippen molar-refractivity contribution in [2.24, 2.45) is 0 Å². The average Bonchev–Trinajstić information content (AvgIpc) is 3.65. The van der Waals surface area contributed by atoms with E-state index in [1.165, 1.54) is 11.1 Å². The third-order valence-corrected chi connectivity index (χ3v) is 8.92. The van der Waals surface area contributed by atoms with Crippen molar-refractivity contribution in [3.05, 3.63) is 126 Å². The smallest absolute Gasteiger partial charge is 0.509 e. The topological polar surface area (TPSA) is 54.1 Å². The summed E-state index contributed by atoms with van der Waals surface area (Å²) < 4.78 is 16.4. The fourth-order valence-electron chi connectivity index (χ4n) is 6.64. The van der Waals surface area contributed by atoms with Crippen LogP contribution in [0.25, 0.3) is 44.4 Å². The van der Waals surface area contributed by atoms with Gasteiger partial charge in [-0.25, -0.2) is 4.98 Å². The predicted octanol–water partition coefficient (Wildman–Crippen LogP) is 10.8. The number of nitrogens with zero attached hydrogens (tertiary/aromatic N) is 4. The first-order valence-electron chi connectivity index (χ1n) is 17.1. The van der Waals surface area contributed by atoms with Crippen molar-refractivity contribution in [3.63, 3.8) is 0 Å². The van der Waals surface area contributed by atoms with Crippen molar-refractivity contribution in [1.82, 2.24) is 19.3 Å². The summed E-state index contributed by atoms with van der Waals surface area (Å²) in [5.74, 6) is 2.96. The summed E-state index contributed by atoms with van der Waals surface area (Å²) in [6, 6.07) is 38.3. The number of ether oxygens (including phenoxy) is 2. The van der Waals surface area contributed by atoms with Gasteiger partial charge in [0, 0.05) is 40.3 Å². The Morgan fingerprint density at radius 2 is 1.60 bits per heavy atom. The molecule has 0 amide bonds. The van der Waals surface area contributed by atoms with Crippen molar-refractivity contribution in [2.75, 3.05) is 7.11 Å². The van der Waals surface area contributed by atoms with Crippen LogP contribution >= 0.6 is 0 Å². The zero-order chi connectivity index (χ0) is 34.3. The number of aryl methyl sites for hydroxylation is 1. The van der Waals surface area contributed by atoms with Crippen LogP contribution in [0.4, 0.5) is 0 Å². The van der Waals surface area contributed by atoms with Gasteiger partial charge < -0.3 is 14.0 Å². The Morgan fingerprint density at radius 3 is 2.32 bits per heavy atom. The molecular formula is C43H42N4O2Pt. The van der Waals surface area contributed by atoms with Gasteiger partial charge in [-0.2, -0.15) is 11.2 Å². The first kappa shape index (κ1) is 35.2. The molecule has 0 atom stereocenters. The van der Waals surface area contributed by atoms with Crippen molar-refractivity contribution in [3.8, 4) is 39.9 Å². The van der Waals surface area contributed by atoms with Crippen LogP contribution in [0.3, 0.4) is 0 Å². The molecule has 7 aromatic rings. The van der Waals surface area contributed by atoms with E-state index in [4.69, 9.17) is 19.6 Å². The molecule has 0 saturated carbocycles. The SMILES string of the molecule is CCCc1nn(-c2[c-]c(Oc3[c-]c4c(cc3)c3ccccc3n4-c3cc(OC)ccn3)cc(C(C)C)c2)c(C(C)(C)C)c1-c1ccccc1.[Pt+2]. The zero-order valence-electron chi connectivity index (χ0n) is 29.7. The molecule has 0 aliphatic carbocycles. The van der Waals surface area contributed by atoms with E-state index in [2.05, 4.69) is 130 Å². The van der Waals surface area contributed by atoms with E-state index in [1.54, 1.807) is 13.3 Å². The van der Waals surface area contributed by atoms with Gasteiger partial charge in [0.15, 0.2) is 0 Å². The summed E-state index contributed by atoms with van der Waals surface area (Å²) in [5.41, 5.74) is 8.38. The van der Waals surface area contributed by atoms with Crippen LogP contribution in [-0.4, -0.2) is 26.4 Å². The maximum atomic E-state index is 6.66. The second-order valence-electron chi connectivity index (χ2n) is 13.9. The van der Waals surface area contributed by atoms with Gasteiger partial charge in [0.05, 0.1) is 18.5 Å². The average molecular weight is 842 g/mol. The number of aromatic nitrogens is 4. The Kier molecular flexibility index (Phi) is 10.0. The molecule has 0 radical (unpaired) electrons. The number of fused-ring (bicyclic) bond motifs is 3. The minimum Gasteiger partial charge on any atom is -0.509 e. The summed E-state index contributed by atoms with van der Waals surface area (Å²) in [7, 11) is 1.67. The molecule has 0 unspecified atom stereocenters. The summed E-state index contributed by atoms with van der Waals surface area (Å²) in [5, 5.41) is 7.47. The molecular weight excluding hydrogens is 800 g/mol. The Labute approximate surface area is 309 Å². The molecule has 0 aliphatic heterocycles. The van der Waals surface area contributed by atoms with Crippen LogP contribution in [-0.2, 0) is 32.9 Å². The van der Waals surface area contributed by atoms with Gasteiger partial charge in [-0.1, -0.05) is 102 Å². The molecule has 4 aromatic carbocycles. The van der Waals surface area contributed by atoms with Crippen molar-refractivity contribution in [1.29, 1.82) is 0 Å². The molecule has 0 bridgehead atoms. The largest absolute Gasteiger partial charge is 2.00 e. The molecule has 3 aromatic heterocycles. The Bertz CT molecular complexity index is 2280. The van der Waals surface area contributed by atoms with Gasteiger partial charge in [-0.3, -0.25) is 4.68 Å². The molecule has 0 fully saturated rings. The van der Waals surface area contributed by atoms with Crippen molar-refractivity contribution < 1.29 is 30.5 Å². The van der Waals surface area contributed by atoms with Crippen LogP contribution in [0.1, 0.15) is 70.8 Å². The van der Waals surface area contributed by atoms with Crippen LogP contribution in [0, 0.1) is 12.1 Å². The molecule has 50 heavy (non-hydrogen) atoms. The summed E-state index contributed by atoms with van der Waals surface area (Å²) in [6.07, 6.45) is 3.66. The molecule has 0 spiro atoms. The molecule has 0 saturated heterocycles. The van der Waals surface area contributed by atoms with E-state index in [0.717, 1.165) is 68.9 Å². The number of benzene rings is 4. The van der Waals surface area contributed by atoms with Gasteiger partial charge in [0.25, 0.3) is 0 Å². The first-order chi connectivity index (χ1) is 23.7. The number of pyridine rings is 1. The van der Waals surface area contributed by atoms with Gasteiger partial charge in [-0.15, -0.1) is 41.3 Å². The summed E-state index contributed by atoms with van der Waals surface area (Å²) >= 11 is 0. The van der Waals surface area contributed by atoms with Crippen LogP contribution < -0.4 is 9.47 Å². The molecule has 7 heteroatoms. The minimum absolute atomic E-state index is 0. The fourth-order valence-corrected chi connectivity index (χ4v) is 6.64. The minimum atomic E-state index is -0.187. The summed E-state index contributed by atoms with van der Waals surface area (Å²) in [4.78, 5) is 4.70. The number of methoxy groups -OCH3 is 1. The Hall–Kier alpha value is -4.67. The van der Waals surface area contributed by atoms with E-state index in [0.29, 0.717) is 11.5 Å². The molecule has 0 N–H and O–H groups in total. The monoisotopic (exact) mass is 841 g/mol. The maximum Gasteiger partial charge on any atom is 2.00 e. The number of hydrogen-bond acceptors (Lipinski definition) is 4. The van der Waals surface area contributed by atoms with E-state index in [-0.39, 0.29) is 32.4 Å². The third kappa shape index (κ3) is 6.62. The predicted molar refractivity (Wildman–Crippen MR) is 199 cm³/mol. The second kappa shape index (κ2) is 14.3. The molecule has 3 heterocycles. The van der Waals surface area contributed by atoms with Gasteiger partial charge >= 0.3 is 21.1 Å². The van der Waals surface area contributed by atoms with E-state index >= 15 is 0 Å². The van der Waals surface area contributed by atoms with Crippen molar-refractivity contribution in [2.45, 2.75) is 65.7 Å². The fraction of sp³-hybridized carbons (Fsp3) is 0.256. The maximum absolute atomic E-state index is 6.66. The van der Waals surface area contributed by atoms with Gasteiger partial charge in [0.2, 0.25) is 0 Å².